The molecule has 104 valence electrons. The summed E-state index contributed by atoms with van der Waals surface area (Å²) in [6.45, 7) is 3.38. The van der Waals surface area contributed by atoms with E-state index in [-0.39, 0.29) is 12.5 Å². The monoisotopic (exact) mass is 278 g/mol. The van der Waals surface area contributed by atoms with Gasteiger partial charge in [0.05, 0.1) is 18.1 Å². The zero-order valence-corrected chi connectivity index (χ0v) is 11.4. The summed E-state index contributed by atoms with van der Waals surface area (Å²) in [6, 6.07) is 0. The van der Waals surface area contributed by atoms with Crippen LogP contribution in [0.25, 0.3) is 0 Å². The lowest BCUT2D eigenvalue weighted by molar-refractivity contribution is -0.140. The van der Waals surface area contributed by atoms with Crippen LogP contribution in [-0.4, -0.2) is 43.7 Å². The van der Waals surface area contributed by atoms with Gasteiger partial charge in [-0.2, -0.15) is 0 Å². The van der Waals surface area contributed by atoms with Gasteiger partial charge in [-0.1, -0.05) is 0 Å². The molecule has 0 aliphatic heterocycles. The second kappa shape index (κ2) is 4.85. The highest BCUT2D eigenvalue weighted by Crippen LogP contribution is 2.38. The van der Waals surface area contributed by atoms with Gasteiger partial charge in [0.2, 0.25) is 15.9 Å². The Labute approximate surface area is 106 Å². The number of nitrogens with one attached hydrogen (secondary N) is 2. The van der Waals surface area contributed by atoms with Crippen molar-refractivity contribution in [1.29, 1.82) is 0 Å². The second-order valence-electron chi connectivity index (χ2n) is 5.26. The van der Waals surface area contributed by atoms with Crippen LogP contribution in [0, 0.1) is 11.8 Å². The summed E-state index contributed by atoms with van der Waals surface area (Å²) >= 11 is 0. The van der Waals surface area contributed by atoms with E-state index in [4.69, 9.17) is 5.11 Å². The predicted octanol–water partition coefficient (Wildman–Crippen LogP) is -0.849. The average molecular weight is 278 g/mol. The summed E-state index contributed by atoms with van der Waals surface area (Å²) in [7, 11) is -3.35. The smallest absolute Gasteiger partial charge is 0.307 e. The van der Waals surface area contributed by atoms with E-state index in [1.807, 2.05) is 0 Å². The summed E-state index contributed by atoms with van der Waals surface area (Å²) in [5.74, 6) is -2.40. The number of rotatable bonds is 6. The SMILES string of the molecule is CC(C)(CNC(=O)[C@@H]1C[C@@H]1C(=O)O)NS(C)(=O)=O. The minimum Gasteiger partial charge on any atom is -0.481 e. The van der Waals surface area contributed by atoms with Crippen LogP contribution in [0.4, 0.5) is 0 Å². The maximum Gasteiger partial charge on any atom is 0.307 e. The van der Waals surface area contributed by atoms with Crippen LogP contribution < -0.4 is 10.0 Å². The first kappa shape index (κ1) is 14.9. The molecular formula is C10H18N2O5S. The van der Waals surface area contributed by atoms with Gasteiger partial charge in [0.25, 0.3) is 0 Å². The predicted molar refractivity (Wildman–Crippen MR) is 64.3 cm³/mol. The molecule has 0 heterocycles. The average Bonchev–Trinajstić information content (AvgIpc) is 2.89. The largest absolute Gasteiger partial charge is 0.481 e. The Morgan fingerprint density at radius 3 is 2.28 bits per heavy atom. The van der Waals surface area contributed by atoms with Crippen LogP contribution in [0.15, 0.2) is 0 Å². The number of sulfonamides is 1. The summed E-state index contributed by atoms with van der Waals surface area (Å²) < 4.78 is 24.5. The van der Waals surface area contributed by atoms with Crippen molar-refractivity contribution in [3.63, 3.8) is 0 Å². The van der Waals surface area contributed by atoms with Crippen LogP contribution in [-0.2, 0) is 19.6 Å². The Balaban J connectivity index is 2.42. The number of carboxylic acids is 1. The molecule has 7 nitrogen and oxygen atoms in total. The zero-order valence-electron chi connectivity index (χ0n) is 10.6. The summed E-state index contributed by atoms with van der Waals surface area (Å²) in [6.07, 6.45) is 1.39. The van der Waals surface area contributed by atoms with E-state index in [0.717, 1.165) is 6.26 Å². The van der Waals surface area contributed by atoms with E-state index in [1.54, 1.807) is 13.8 Å². The van der Waals surface area contributed by atoms with E-state index in [0.29, 0.717) is 6.42 Å². The lowest BCUT2D eigenvalue weighted by atomic mass is 10.1. The van der Waals surface area contributed by atoms with Crippen molar-refractivity contribution < 1.29 is 23.1 Å². The quantitative estimate of drug-likeness (QED) is 0.586. The molecule has 1 rings (SSSR count). The van der Waals surface area contributed by atoms with E-state index in [2.05, 4.69) is 10.0 Å². The molecular weight excluding hydrogens is 260 g/mol. The molecule has 18 heavy (non-hydrogen) atoms. The number of aliphatic carboxylic acids is 1. The maximum atomic E-state index is 11.6. The Bertz CT molecular complexity index is 457. The molecule has 0 spiro atoms. The van der Waals surface area contributed by atoms with E-state index in [9.17, 15) is 18.0 Å². The van der Waals surface area contributed by atoms with Gasteiger partial charge in [0.1, 0.15) is 0 Å². The van der Waals surface area contributed by atoms with Gasteiger partial charge in [-0.15, -0.1) is 0 Å². The Kier molecular flexibility index (Phi) is 4.02. The molecule has 0 unspecified atom stereocenters. The molecule has 1 aliphatic carbocycles. The molecule has 3 N–H and O–H groups in total. The van der Waals surface area contributed by atoms with Crippen molar-refractivity contribution in [1.82, 2.24) is 10.0 Å². The fourth-order valence-electron chi connectivity index (χ4n) is 1.73. The van der Waals surface area contributed by atoms with Crippen LogP contribution in [0.1, 0.15) is 20.3 Å². The number of carboxylic acid groups (broad SMARTS) is 1. The first-order valence-corrected chi connectivity index (χ1v) is 7.40. The van der Waals surface area contributed by atoms with Crippen molar-refractivity contribution in [3.8, 4) is 0 Å². The Morgan fingerprint density at radius 1 is 1.33 bits per heavy atom. The van der Waals surface area contributed by atoms with Gasteiger partial charge in [-0.25, -0.2) is 13.1 Å². The van der Waals surface area contributed by atoms with Gasteiger partial charge in [-0.3, -0.25) is 9.59 Å². The lowest BCUT2D eigenvalue weighted by Crippen LogP contribution is -2.51. The number of hydrogen-bond donors (Lipinski definition) is 3. The van der Waals surface area contributed by atoms with Crippen LogP contribution in [0.3, 0.4) is 0 Å². The highest BCUT2D eigenvalue weighted by Gasteiger charge is 2.48. The third kappa shape index (κ3) is 4.61. The molecule has 0 aromatic heterocycles. The standard InChI is InChI=1S/C10H18N2O5S/c1-10(2,12-18(3,16)17)5-11-8(13)6-4-7(6)9(14)15/h6-7,12H,4-5H2,1-3H3,(H,11,13)(H,14,15)/t6-,7+/m1/s1. The second-order valence-corrected chi connectivity index (χ2v) is 7.01. The van der Waals surface area contributed by atoms with Gasteiger partial charge >= 0.3 is 5.97 Å². The van der Waals surface area contributed by atoms with E-state index < -0.39 is 33.4 Å². The zero-order chi connectivity index (χ0) is 14.1. The van der Waals surface area contributed by atoms with Crippen molar-refractivity contribution in [2.75, 3.05) is 12.8 Å². The van der Waals surface area contributed by atoms with E-state index >= 15 is 0 Å². The van der Waals surface area contributed by atoms with Crippen molar-refractivity contribution >= 4 is 21.9 Å². The van der Waals surface area contributed by atoms with Gasteiger partial charge in [0.15, 0.2) is 0 Å². The molecule has 1 fully saturated rings. The minimum atomic E-state index is -3.35. The van der Waals surface area contributed by atoms with E-state index in [1.165, 1.54) is 0 Å². The Morgan fingerprint density at radius 2 is 1.89 bits per heavy atom. The molecule has 0 saturated heterocycles. The van der Waals surface area contributed by atoms with Gasteiger partial charge in [0, 0.05) is 12.1 Å². The van der Waals surface area contributed by atoms with Gasteiger partial charge in [-0.05, 0) is 20.3 Å². The van der Waals surface area contributed by atoms with Crippen molar-refractivity contribution in [3.05, 3.63) is 0 Å². The third-order valence-corrected chi connectivity index (χ3v) is 3.53. The molecule has 2 atom stereocenters. The summed E-state index contributed by atoms with van der Waals surface area (Å²) in [5, 5.41) is 11.2. The van der Waals surface area contributed by atoms with Crippen LogP contribution >= 0.6 is 0 Å². The lowest BCUT2D eigenvalue weighted by Gasteiger charge is -2.25. The molecule has 1 aliphatic rings. The molecule has 0 radical (unpaired) electrons. The molecule has 1 saturated carbocycles. The molecule has 1 amide bonds. The topological polar surface area (TPSA) is 113 Å². The minimum absolute atomic E-state index is 0.113. The maximum absolute atomic E-state index is 11.6. The fourth-order valence-corrected chi connectivity index (χ4v) is 2.81. The number of carbonyl (C=O) groups is 2. The van der Waals surface area contributed by atoms with Crippen LogP contribution in [0.5, 0.6) is 0 Å². The number of carbonyl (C=O) groups excluding carboxylic acids is 1. The van der Waals surface area contributed by atoms with Crippen LogP contribution in [0.2, 0.25) is 0 Å². The van der Waals surface area contributed by atoms with Crippen molar-refractivity contribution in [2.45, 2.75) is 25.8 Å². The molecule has 0 aromatic rings. The number of amides is 1. The normalized spacial score (nSPS) is 23.5. The molecule has 0 bridgehead atoms. The first-order chi connectivity index (χ1) is 8.02. The Hall–Kier alpha value is -1.15. The fraction of sp³-hybridized carbons (Fsp3) is 0.800. The summed E-state index contributed by atoms with van der Waals surface area (Å²) in [4.78, 5) is 22.2. The summed E-state index contributed by atoms with van der Waals surface area (Å²) in [5.41, 5.74) is -0.809. The number of hydrogen-bond acceptors (Lipinski definition) is 4. The molecule has 8 heteroatoms. The highest BCUT2D eigenvalue weighted by atomic mass is 32.2. The third-order valence-electron chi connectivity index (χ3n) is 2.61. The highest BCUT2D eigenvalue weighted by molar-refractivity contribution is 7.88. The molecule has 0 aromatic carbocycles. The van der Waals surface area contributed by atoms with Crippen molar-refractivity contribution in [2.24, 2.45) is 11.8 Å². The van der Waals surface area contributed by atoms with Gasteiger partial charge < -0.3 is 10.4 Å². The first-order valence-electron chi connectivity index (χ1n) is 5.51.